The normalized spacial score (nSPS) is 15.6. The van der Waals surface area contributed by atoms with Gasteiger partial charge in [-0.2, -0.15) is 0 Å². The largest absolute Gasteiger partial charge is 0.478 e. The fourth-order valence-electron chi connectivity index (χ4n) is 2.87. The molecule has 134 valence electrons. The van der Waals surface area contributed by atoms with E-state index < -0.39 is 22.0 Å². The highest BCUT2D eigenvalue weighted by molar-refractivity contribution is 7.91. The van der Waals surface area contributed by atoms with Gasteiger partial charge in [-0.15, -0.1) is 11.3 Å². The molecule has 0 aliphatic carbocycles. The molecule has 25 heavy (non-hydrogen) atoms. The van der Waals surface area contributed by atoms with Crippen molar-refractivity contribution in [3.63, 3.8) is 0 Å². The van der Waals surface area contributed by atoms with Crippen LogP contribution in [0.15, 0.2) is 22.4 Å². The lowest BCUT2D eigenvalue weighted by Gasteiger charge is -2.14. The van der Waals surface area contributed by atoms with Crippen molar-refractivity contribution < 1.29 is 18.3 Å². The maximum Gasteiger partial charge on any atom is 0.338 e. The smallest absolute Gasteiger partial charge is 0.338 e. The summed E-state index contributed by atoms with van der Waals surface area (Å²) in [7, 11) is -3.97. The first-order chi connectivity index (χ1) is 11.8. The van der Waals surface area contributed by atoms with Crippen molar-refractivity contribution in [2.24, 2.45) is 0 Å². The van der Waals surface area contributed by atoms with Gasteiger partial charge in [0.05, 0.1) is 17.3 Å². The number of aromatic nitrogens is 1. The third-order valence-electron chi connectivity index (χ3n) is 4.04. The van der Waals surface area contributed by atoms with Crippen molar-refractivity contribution >= 4 is 27.3 Å². The van der Waals surface area contributed by atoms with E-state index in [0.29, 0.717) is 30.8 Å². The Kier molecular flexibility index (Phi) is 4.92. The van der Waals surface area contributed by atoms with Crippen molar-refractivity contribution in [1.29, 1.82) is 0 Å². The van der Waals surface area contributed by atoms with Gasteiger partial charge in [-0.3, -0.25) is 4.98 Å². The number of hydrogen-bond donors (Lipinski definition) is 3. The summed E-state index contributed by atoms with van der Waals surface area (Å²) in [5, 5.41) is 12.7. The fourth-order valence-corrected chi connectivity index (χ4v) is 5.96. The number of rotatable bonds is 5. The van der Waals surface area contributed by atoms with E-state index in [1.165, 1.54) is 0 Å². The highest BCUT2D eigenvalue weighted by atomic mass is 32.2. The monoisotopic (exact) mass is 381 g/mol. The van der Waals surface area contributed by atoms with Crippen LogP contribution >= 0.6 is 11.3 Å². The van der Waals surface area contributed by atoms with E-state index in [4.69, 9.17) is 0 Å². The average Bonchev–Trinajstić information content (AvgIpc) is 2.95. The molecule has 1 atom stereocenters. The maximum atomic E-state index is 12.8. The van der Waals surface area contributed by atoms with E-state index in [-0.39, 0.29) is 9.77 Å². The standard InChI is InChI=1S/C16H19N3O4S2/c1-9-4-3-5-12(18-9)10(2)19-25(22,23)16-14(15(20)21)11-6-7-17-8-13(11)24-16/h3-5,10,17,19H,6-8H2,1-2H3,(H,20,21)/t10-/m0/s1. The molecule has 0 amide bonds. The van der Waals surface area contributed by atoms with Gasteiger partial charge in [0.25, 0.3) is 10.0 Å². The number of carboxylic acid groups (broad SMARTS) is 1. The Morgan fingerprint density at radius 3 is 2.88 bits per heavy atom. The minimum Gasteiger partial charge on any atom is -0.478 e. The van der Waals surface area contributed by atoms with Crippen LogP contribution in [0, 0.1) is 6.92 Å². The second-order valence-corrected chi connectivity index (χ2v) is 8.96. The number of nitrogens with zero attached hydrogens (tertiary/aromatic N) is 1. The van der Waals surface area contributed by atoms with Crippen molar-refractivity contribution in [2.45, 2.75) is 37.1 Å². The van der Waals surface area contributed by atoms with Gasteiger partial charge >= 0.3 is 5.97 Å². The topological polar surface area (TPSA) is 108 Å². The summed E-state index contributed by atoms with van der Waals surface area (Å²) in [6.07, 6.45) is 0.512. The predicted molar refractivity (Wildman–Crippen MR) is 94.4 cm³/mol. The summed E-state index contributed by atoms with van der Waals surface area (Å²) in [6.45, 7) is 4.65. The number of nitrogens with one attached hydrogen (secondary N) is 2. The molecule has 0 bridgehead atoms. The Hall–Kier alpha value is -1.81. The lowest BCUT2D eigenvalue weighted by atomic mass is 10.1. The molecule has 2 aromatic heterocycles. The molecule has 9 heteroatoms. The number of aryl methyl sites for hydroxylation is 1. The number of pyridine rings is 1. The number of carbonyl (C=O) groups is 1. The molecule has 3 heterocycles. The molecule has 0 aromatic carbocycles. The second kappa shape index (κ2) is 6.83. The van der Waals surface area contributed by atoms with Crippen molar-refractivity contribution in [3.8, 4) is 0 Å². The summed E-state index contributed by atoms with van der Waals surface area (Å²) in [5.74, 6) is -1.21. The first-order valence-electron chi connectivity index (χ1n) is 7.84. The summed E-state index contributed by atoms with van der Waals surface area (Å²) < 4.78 is 28.1. The van der Waals surface area contributed by atoms with E-state index in [1.54, 1.807) is 19.1 Å². The minimum absolute atomic E-state index is 0.0987. The first-order valence-corrected chi connectivity index (χ1v) is 10.1. The van der Waals surface area contributed by atoms with Crippen LogP contribution in [-0.4, -0.2) is 31.0 Å². The Morgan fingerprint density at radius 2 is 2.20 bits per heavy atom. The van der Waals surface area contributed by atoms with Crippen LogP contribution in [0.5, 0.6) is 0 Å². The number of aromatic carboxylic acids is 1. The quantitative estimate of drug-likeness (QED) is 0.729. The van der Waals surface area contributed by atoms with Gasteiger partial charge in [0.15, 0.2) is 0 Å². The molecule has 3 rings (SSSR count). The van der Waals surface area contributed by atoms with Crippen LogP contribution in [0.1, 0.15) is 45.2 Å². The van der Waals surface area contributed by atoms with Crippen LogP contribution in [0.2, 0.25) is 0 Å². The molecule has 0 unspecified atom stereocenters. The molecule has 0 saturated heterocycles. The van der Waals surface area contributed by atoms with E-state index in [9.17, 15) is 18.3 Å². The van der Waals surface area contributed by atoms with E-state index in [2.05, 4.69) is 15.0 Å². The molecular formula is C16H19N3O4S2. The van der Waals surface area contributed by atoms with E-state index >= 15 is 0 Å². The predicted octanol–water partition coefficient (Wildman–Crippen LogP) is 1.83. The van der Waals surface area contributed by atoms with Gasteiger partial charge in [-0.25, -0.2) is 17.9 Å². The molecule has 0 fully saturated rings. The lowest BCUT2D eigenvalue weighted by molar-refractivity contribution is 0.0692. The highest BCUT2D eigenvalue weighted by Gasteiger charge is 2.32. The molecule has 1 aliphatic rings. The Bertz CT molecular complexity index is 921. The van der Waals surface area contributed by atoms with Gasteiger partial charge in [0, 0.05) is 17.1 Å². The minimum atomic E-state index is -3.97. The molecule has 7 nitrogen and oxygen atoms in total. The number of hydrogen-bond acceptors (Lipinski definition) is 6. The van der Waals surface area contributed by atoms with Crippen molar-refractivity contribution in [1.82, 2.24) is 15.0 Å². The zero-order chi connectivity index (χ0) is 18.2. The third-order valence-corrected chi connectivity index (χ3v) is 7.33. The van der Waals surface area contributed by atoms with Gasteiger partial charge in [0.1, 0.15) is 4.21 Å². The molecule has 0 radical (unpaired) electrons. The van der Waals surface area contributed by atoms with Crippen molar-refractivity contribution in [3.05, 3.63) is 45.6 Å². The van der Waals surface area contributed by atoms with Crippen LogP contribution in [0.3, 0.4) is 0 Å². The Morgan fingerprint density at radius 1 is 1.44 bits per heavy atom. The number of carboxylic acids is 1. The Balaban J connectivity index is 1.97. The van der Waals surface area contributed by atoms with E-state index in [0.717, 1.165) is 21.9 Å². The molecule has 2 aromatic rings. The maximum absolute atomic E-state index is 12.8. The van der Waals surface area contributed by atoms with Crippen LogP contribution in [-0.2, 0) is 23.0 Å². The van der Waals surface area contributed by atoms with E-state index in [1.807, 2.05) is 13.0 Å². The van der Waals surface area contributed by atoms with Crippen molar-refractivity contribution in [2.75, 3.05) is 6.54 Å². The number of thiophene rings is 1. The van der Waals surface area contributed by atoms with Crippen LogP contribution < -0.4 is 10.0 Å². The third kappa shape index (κ3) is 3.59. The average molecular weight is 381 g/mol. The molecule has 1 aliphatic heterocycles. The van der Waals surface area contributed by atoms with Crippen LogP contribution in [0.25, 0.3) is 0 Å². The van der Waals surface area contributed by atoms with Gasteiger partial charge in [0.2, 0.25) is 0 Å². The summed E-state index contributed by atoms with van der Waals surface area (Å²) in [5.41, 5.74) is 1.90. The molecular weight excluding hydrogens is 362 g/mol. The summed E-state index contributed by atoms with van der Waals surface area (Å²) >= 11 is 1.02. The highest BCUT2D eigenvalue weighted by Crippen LogP contribution is 2.35. The molecule has 0 saturated carbocycles. The fraction of sp³-hybridized carbons (Fsp3) is 0.375. The van der Waals surface area contributed by atoms with Gasteiger partial charge in [-0.05, 0) is 44.5 Å². The summed E-state index contributed by atoms with van der Waals surface area (Å²) in [4.78, 5) is 16.8. The van der Waals surface area contributed by atoms with Gasteiger partial charge in [-0.1, -0.05) is 6.07 Å². The zero-order valence-corrected chi connectivity index (χ0v) is 15.5. The lowest BCUT2D eigenvalue weighted by Crippen LogP contribution is -2.28. The van der Waals surface area contributed by atoms with Gasteiger partial charge < -0.3 is 10.4 Å². The zero-order valence-electron chi connectivity index (χ0n) is 13.9. The number of fused-ring (bicyclic) bond motifs is 1. The molecule has 3 N–H and O–H groups in total. The number of sulfonamides is 1. The first kappa shape index (κ1) is 18.0. The Labute approximate surface area is 150 Å². The van der Waals surface area contributed by atoms with Crippen LogP contribution in [0.4, 0.5) is 0 Å². The second-order valence-electron chi connectivity index (χ2n) is 5.94. The SMILES string of the molecule is Cc1cccc([C@H](C)NS(=O)(=O)c2sc3c(c2C(=O)O)CCNC3)n1. The summed E-state index contributed by atoms with van der Waals surface area (Å²) in [6, 6.07) is 4.81. The molecule has 0 spiro atoms.